The first-order valence-corrected chi connectivity index (χ1v) is 5.13. The summed E-state index contributed by atoms with van der Waals surface area (Å²) in [6, 6.07) is 3.26. The first-order chi connectivity index (χ1) is 7.99. The van der Waals surface area contributed by atoms with Gasteiger partial charge in [-0.05, 0) is 12.1 Å². The Morgan fingerprint density at radius 3 is 1.76 bits per heavy atom. The van der Waals surface area contributed by atoms with Crippen molar-refractivity contribution in [2.75, 3.05) is 33.1 Å². The van der Waals surface area contributed by atoms with Crippen molar-refractivity contribution < 1.29 is 9.59 Å². The number of nitrogens with zero attached hydrogens (tertiary/aromatic N) is 2. The van der Waals surface area contributed by atoms with Gasteiger partial charge in [-0.3, -0.25) is 9.59 Å². The molecule has 0 fully saturated rings. The number of nitrogens with one attached hydrogen (secondary N) is 2. The van der Waals surface area contributed by atoms with Gasteiger partial charge in [-0.1, -0.05) is 0 Å². The SMILES string of the molecule is CNC(=O)c1cc(N(C)C)cc(C(=O)NC)n1. The fraction of sp³-hybridized carbons (Fsp3) is 0.364. The van der Waals surface area contributed by atoms with Gasteiger partial charge >= 0.3 is 0 Å². The Balaban J connectivity index is 3.28. The number of rotatable bonds is 3. The fourth-order valence-electron chi connectivity index (χ4n) is 1.26. The minimum atomic E-state index is -0.321. The van der Waals surface area contributed by atoms with Gasteiger partial charge in [0.1, 0.15) is 11.4 Å². The number of carbonyl (C=O) groups excluding carboxylic acids is 2. The van der Waals surface area contributed by atoms with E-state index in [1.54, 1.807) is 17.0 Å². The Morgan fingerprint density at radius 2 is 1.47 bits per heavy atom. The topological polar surface area (TPSA) is 74.3 Å². The van der Waals surface area contributed by atoms with Gasteiger partial charge in [0.2, 0.25) is 0 Å². The first kappa shape index (κ1) is 13.0. The predicted molar refractivity (Wildman–Crippen MR) is 65.3 cm³/mol. The van der Waals surface area contributed by atoms with Gasteiger partial charge in [0.25, 0.3) is 11.8 Å². The Bertz CT molecular complexity index is 409. The zero-order chi connectivity index (χ0) is 13.0. The molecule has 1 aromatic heterocycles. The van der Waals surface area contributed by atoms with Crippen LogP contribution >= 0.6 is 0 Å². The third kappa shape index (κ3) is 2.93. The van der Waals surface area contributed by atoms with Gasteiger partial charge < -0.3 is 15.5 Å². The third-order valence-electron chi connectivity index (χ3n) is 2.25. The van der Waals surface area contributed by atoms with E-state index in [-0.39, 0.29) is 23.2 Å². The van der Waals surface area contributed by atoms with Crippen LogP contribution in [0.2, 0.25) is 0 Å². The fourth-order valence-corrected chi connectivity index (χ4v) is 1.26. The molecule has 0 atom stereocenters. The average Bonchev–Trinajstić information content (AvgIpc) is 2.36. The van der Waals surface area contributed by atoms with Gasteiger partial charge in [-0.25, -0.2) is 4.98 Å². The zero-order valence-corrected chi connectivity index (χ0v) is 10.4. The monoisotopic (exact) mass is 236 g/mol. The summed E-state index contributed by atoms with van der Waals surface area (Å²) < 4.78 is 0. The number of pyridine rings is 1. The molecule has 92 valence electrons. The Hall–Kier alpha value is -2.11. The third-order valence-corrected chi connectivity index (χ3v) is 2.25. The van der Waals surface area contributed by atoms with Crippen LogP contribution in [-0.2, 0) is 0 Å². The summed E-state index contributed by atoms with van der Waals surface area (Å²) >= 11 is 0. The van der Waals surface area contributed by atoms with Crippen molar-refractivity contribution in [2.24, 2.45) is 0 Å². The van der Waals surface area contributed by atoms with Crippen molar-refractivity contribution in [2.45, 2.75) is 0 Å². The zero-order valence-electron chi connectivity index (χ0n) is 10.4. The molecule has 0 saturated heterocycles. The van der Waals surface area contributed by atoms with Gasteiger partial charge in [-0.2, -0.15) is 0 Å². The lowest BCUT2D eigenvalue weighted by atomic mass is 10.2. The van der Waals surface area contributed by atoms with Crippen LogP contribution < -0.4 is 15.5 Å². The largest absolute Gasteiger partial charge is 0.378 e. The van der Waals surface area contributed by atoms with Crippen molar-refractivity contribution in [3.8, 4) is 0 Å². The minimum Gasteiger partial charge on any atom is -0.378 e. The highest BCUT2D eigenvalue weighted by Crippen LogP contribution is 2.14. The first-order valence-electron chi connectivity index (χ1n) is 5.13. The summed E-state index contributed by atoms with van der Waals surface area (Å²) in [4.78, 5) is 28.9. The van der Waals surface area contributed by atoms with Gasteiger partial charge in [0.05, 0.1) is 0 Å². The molecule has 0 aliphatic carbocycles. The van der Waals surface area contributed by atoms with Crippen molar-refractivity contribution in [3.05, 3.63) is 23.5 Å². The van der Waals surface area contributed by atoms with E-state index in [4.69, 9.17) is 0 Å². The van der Waals surface area contributed by atoms with Crippen LogP contribution in [0.5, 0.6) is 0 Å². The van der Waals surface area contributed by atoms with E-state index in [0.29, 0.717) is 0 Å². The number of anilines is 1. The van der Waals surface area contributed by atoms with Crippen LogP contribution in [0.15, 0.2) is 12.1 Å². The van der Waals surface area contributed by atoms with Gasteiger partial charge in [0, 0.05) is 33.9 Å². The van der Waals surface area contributed by atoms with E-state index in [9.17, 15) is 9.59 Å². The Kier molecular flexibility index (Phi) is 4.03. The number of hydrogen-bond acceptors (Lipinski definition) is 4. The van der Waals surface area contributed by atoms with Gasteiger partial charge in [0.15, 0.2) is 0 Å². The average molecular weight is 236 g/mol. The molecule has 2 amide bonds. The smallest absolute Gasteiger partial charge is 0.269 e. The number of hydrogen-bond donors (Lipinski definition) is 2. The molecular weight excluding hydrogens is 220 g/mol. The second-order valence-electron chi connectivity index (χ2n) is 3.65. The molecule has 0 aliphatic heterocycles. The lowest BCUT2D eigenvalue weighted by molar-refractivity contribution is 0.0954. The summed E-state index contributed by atoms with van der Waals surface area (Å²) in [5, 5.41) is 4.96. The van der Waals surface area contributed by atoms with Crippen molar-refractivity contribution >= 4 is 17.5 Å². The second kappa shape index (κ2) is 5.29. The predicted octanol–water partition coefficient (Wildman–Crippen LogP) is -0.133. The van der Waals surface area contributed by atoms with E-state index >= 15 is 0 Å². The highest BCUT2D eigenvalue weighted by Gasteiger charge is 2.13. The Morgan fingerprint density at radius 1 is 1.06 bits per heavy atom. The molecule has 1 aromatic rings. The summed E-state index contributed by atoms with van der Waals surface area (Å²) in [7, 11) is 6.70. The van der Waals surface area contributed by atoms with E-state index in [1.807, 2.05) is 14.1 Å². The normalized spacial score (nSPS) is 9.65. The molecule has 0 aromatic carbocycles. The van der Waals surface area contributed by atoms with E-state index in [1.165, 1.54) is 14.1 Å². The lowest BCUT2D eigenvalue weighted by Crippen LogP contribution is -2.25. The Labute approximate surface area is 100 Å². The van der Waals surface area contributed by atoms with Crippen LogP contribution in [0.25, 0.3) is 0 Å². The summed E-state index contributed by atoms with van der Waals surface area (Å²) in [6.07, 6.45) is 0. The van der Waals surface area contributed by atoms with E-state index in [0.717, 1.165) is 5.69 Å². The molecule has 6 heteroatoms. The maximum atomic E-state index is 11.5. The number of carbonyl (C=O) groups is 2. The molecular formula is C11H16N4O2. The van der Waals surface area contributed by atoms with E-state index < -0.39 is 0 Å². The van der Waals surface area contributed by atoms with Crippen molar-refractivity contribution in [3.63, 3.8) is 0 Å². The van der Waals surface area contributed by atoms with Crippen molar-refractivity contribution in [1.29, 1.82) is 0 Å². The molecule has 0 radical (unpaired) electrons. The summed E-state index contributed by atoms with van der Waals surface area (Å²) in [5.74, 6) is -0.641. The molecule has 0 bridgehead atoms. The van der Waals surface area contributed by atoms with E-state index in [2.05, 4.69) is 15.6 Å². The van der Waals surface area contributed by atoms with Crippen LogP contribution in [0.3, 0.4) is 0 Å². The van der Waals surface area contributed by atoms with Crippen molar-refractivity contribution in [1.82, 2.24) is 15.6 Å². The minimum absolute atomic E-state index is 0.220. The van der Waals surface area contributed by atoms with Gasteiger partial charge in [-0.15, -0.1) is 0 Å². The highest BCUT2D eigenvalue weighted by molar-refractivity contribution is 5.97. The molecule has 0 aliphatic rings. The summed E-state index contributed by atoms with van der Waals surface area (Å²) in [5.41, 5.74) is 1.19. The molecule has 0 spiro atoms. The number of aromatic nitrogens is 1. The summed E-state index contributed by atoms with van der Waals surface area (Å²) in [6.45, 7) is 0. The maximum Gasteiger partial charge on any atom is 0.269 e. The molecule has 0 saturated carbocycles. The molecule has 2 N–H and O–H groups in total. The number of amides is 2. The quantitative estimate of drug-likeness (QED) is 0.766. The highest BCUT2D eigenvalue weighted by atomic mass is 16.2. The van der Waals surface area contributed by atoms with Crippen LogP contribution in [0, 0.1) is 0 Å². The molecule has 17 heavy (non-hydrogen) atoms. The second-order valence-corrected chi connectivity index (χ2v) is 3.65. The molecule has 6 nitrogen and oxygen atoms in total. The molecule has 1 rings (SSSR count). The lowest BCUT2D eigenvalue weighted by Gasteiger charge is -2.14. The maximum absolute atomic E-state index is 11.5. The van der Waals surface area contributed by atoms with Crippen LogP contribution in [0.4, 0.5) is 5.69 Å². The molecule has 0 unspecified atom stereocenters. The molecule has 1 heterocycles. The van der Waals surface area contributed by atoms with Crippen LogP contribution in [0.1, 0.15) is 21.0 Å². The van der Waals surface area contributed by atoms with Crippen LogP contribution in [-0.4, -0.2) is 45.0 Å². The standard InChI is InChI=1S/C11H16N4O2/c1-12-10(16)8-5-7(15(3)4)6-9(14-8)11(17)13-2/h5-6H,1-4H3,(H,12,16)(H,13,17).